The van der Waals surface area contributed by atoms with Crippen molar-refractivity contribution in [3.8, 4) is 11.5 Å². The van der Waals surface area contributed by atoms with Gasteiger partial charge >= 0.3 is 0 Å². The molecule has 1 N–H and O–H groups in total. The van der Waals surface area contributed by atoms with E-state index in [-0.39, 0.29) is 5.91 Å². The van der Waals surface area contributed by atoms with E-state index in [1.807, 2.05) is 43.3 Å². The van der Waals surface area contributed by atoms with E-state index in [0.29, 0.717) is 28.2 Å². The third-order valence-electron chi connectivity index (χ3n) is 4.65. The van der Waals surface area contributed by atoms with Crippen LogP contribution in [0.4, 0.5) is 11.4 Å². The smallest absolute Gasteiger partial charge is 0.264 e. The van der Waals surface area contributed by atoms with Crippen molar-refractivity contribution in [1.82, 2.24) is 5.32 Å². The van der Waals surface area contributed by atoms with Gasteiger partial charge in [-0.15, -0.1) is 0 Å². The lowest BCUT2D eigenvalue weighted by Crippen LogP contribution is -2.21. The predicted octanol–water partition coefficient (Wildman–Crippen LogP) is 4.83. The summed E-state index contributed by atoms with van der Waals surface area (Å²) >= 11 is 1.32. The van der Waals surface area contributed by atoms with Gasteiger partial charge in [-0.05, 0) is 80.6 Å². The lowest BCUT2D eigenvalue weighted by Gasteiger charge is -2.20. The van der Waals surface area contributed by atoms with E-state index >= 15 is 0 Å². The number of benzene rings is 2. The van der Waals surface area contributed by atoms with Crippen molar-refractivity contribution in [2.45, 2.75) is 20.8 Å². The summed E-state index contributed by atoms with van der Waals surface area (Å²) in [6, 6.07) is 13.6. The molecule has 0 bridgehead atoms. The molecule has 7 heteroatoms. The van der Waals surface area contributed by atoms with Gasteiger partial charge in [0.05, 0.1) is 24.3 Å². The third kappa shape index (κ3) is 5.16. The van der Waals surface area contributed by atoms with Crippen LogP contribution in [0, 0.1) is 0 Å². The van der Waals surface area contributed by atoms with Crippen LogP contribution in [-0.2, 0) is 4.79 Å². The zero-order valence-electron chi connectivity index (χ0n) is 17.8. The van der Waals surface area contributed by atoms with Gasteiger partial charge in [0.25, 0.3) is 5.91 Å². The number of anilines is 1. The number of hydrogen-bond acceptors (Lipinski definition) is 6. The Morgan fingerprint density at radius 1 is 1.07 bits per heavy atom. The molecule has 1 aliphatic rings. The van der Waals surface area contributed by atoms with E-state index in [0.717, 1.165) is 30.0 Å². The summed E-state index contributed by atoms with van der Waals surface area (Å²) in [6.45, 7) is 8.67. The standard InChI is InChI=1S/C23H27N3O3S/c1-5-26(6-2)18-11-9-17(10-12-18)24-23-25-22(27)21(30-23)15-16-8-13-19(29-7-3)20(14-16)28-4/h8-15H,5-7H2,1-4H3,(H,24,25,27). The van der Waals surface area contributed by atoms with Crippen molar-refractivity contribution >= 4 is 40.3 Å². The highest BCUT2D eigenvalue weighted by Crippen LogP contribution is 2.32. The molecule has 2 aromatic rings. The quantitative estimate of drug-likeness (QED) is 0.614. The molecular weight excluding hydrogens is 398 g/mol. The summed E-state index contributed by atoms with van der Waals surface area (Å²) in [4.78, 5) is 19.8. The van der Waals surface area contributed by atoms with Crippen LogP contribution in [0.25, 0.3) is 6.08 Å². The second-order valence-corrected chi connectivity index (χ2v) is 7.54. The maximum absolute atomic E-state index is 12.4. The van der Waals surface area contributed by atoms with Crippen LogP contribution in [0.15, 0.2) is 52.4 Å². The first-order valence-corrected chi connectivity index (χ1v) is 10.8. The summed E-state index contributed by atoms with van der Waals surface area (Å²) < 4.78 is 10.9. The summed E-state index contributed by atoms with van der Waals surface area (Å²) in [5.74, 6) is 1.16. The second-order valence-electron chi connectivity index (χ2n) is 6.51. The van der Waals surface area contributed by atoms with Crippen molar-refractivity contribution in [3.05, 3.63) is 52.9 Å². The van der Waals surface area contributed by atoms with Gasteiger partial charge in [-0.1, -0.05) is 6.07 Å². The minimum absolute atomic E-state index is 0.161. The molecule has 158 valence electrons. The second kappa shape index (κ2) is 10.2. The van der Waals surface area contributed by atoms with E-state index in [4.69, 9.17) is 9.47 Å². The van der Waals surface area contributed by atoms with E-state index in [9.17, 15) is 4.79 Å². The molecule has 0 unspecified atom stereocenters. The number of rotatable bonds is 8. The van der Waals surface area contributed by atoms with Crippen LogP contribution in [0.5, 0.6) is 11.5 Å². The molecule has 3 rings (SSSR count). The number of carbonyl (C=O) groups is 1. The minimum atomic E-state index is -0.161. The molecule has 0 atom stereocenters. The molecule has 0 radical (unpaired) electrons. The van der Waals surface area contributed by atoms with Crippen molar-refractivity contribution in [3.63, 3.8) is 0 Å². The fourth-order valence-electron chi connectivity index (χ4n) is 3.12. The van der Waals surface area contributed by atoms with Gasteiger partial charge < -0.3 is 19.7 Å². The summed E-state index contributed by atoms with van der Waals surface area (Å²) in [6.07, 6.45) is 1.82. The highest BCUT2D eigenvalue weighted by atomic mass is 32.2. The summed E-state index contributed by atoms with van der Waals surface area (Å²) in [7, 11) is 1.60. The number of carbonyl (C=O) groups excluding carboxylic acids is 1. The molecule has 0 spiro atoms. The molecule has 1 fully saturated rings. The van der Waals surface area contributed by atoms with Crippen molar-refractivity contribution in [1.29, 1.82) is 0 Å². The Labute approximate surface area is 182 Å². The van der Waals surface area contributed by atoms with Crippen LogP contribution in [-0.4, -0.2) is 37.9 Å². The van der Waals surface area contributed by atoms with Crippen LogP contribution >= 0.6 is 11.8 Å². The number of thioether (sulfide) groups is 1. The topological polar surface area (TPSA) is 63.2 Å². The average molecular weight is 426 g/mol. The number of amidine groups is 1. The molecule has 2 aromatic carbocycles. The van der Waals surface area contributed by atoms with Crippen LogP contribution in [0.3, 0.4) is 0 Å². The first-order valence-electron chi connectivity index (χ1n) is 10.0. The number of ether oxygens (including phenoxy) is 2. The van der Waals surface area contributed by atoms with E-state index in [1.165, 1.54) is 11.8 Å². The monoisotopic (exact) mass is 425 g/mol. The third-order valence-corrected chi connectivity index (χ3v) is 5.55. The zero-order chi connectivity index (χ0) is 21.5. The normalized spacial score (nSPS) is 16.1. The Kier molecular flexibility index (Phi) is 7.41. The lowest BCUT2D eigenvalue weighted by molar-refractivity contribution is -0.115. The molecule has 30 heavy (non-hydrogen) atoms. The van der Waals surface area contributed by atoms with Crippen molar-refractivity contribution < 1.29 is 14.3 Å². The molecule has 1 aliphatic heterocycles. The minimum Gasteiger partial charge on any atom is -0.493 e. The van der Waals surface area contributed by atoms with Gasteiger partial charge in [-0.25, -0.2) is 4.99 Å². The van der Waals surface area contributed by atoms with Crippen molar-refractivity contribution in [2.75, 3.05) is 31.7 Å². The Hall–Kier alpha value is -2.93. The number of aliphatic imine (C=N–C) groups is 1. The molecule has 0 saturated carbocycles. The van der Waals surface area contributed by atoms with Crippen LogP contribution < -0.4 is 19.7 Å². The molecule has 6 nitrogen and oxygen atoms in total. The Morgan fingerprint density at radius 2 is 1.80 bits per heavy atom. The highest BCUT2D eigenvalue weighted by Gasteiger charge is 2.24. The Balaban J connectivity index is 1.76. The van der Waals surface area contributed by atoms with Gasteiger partial charge in [0.1, 0.15) is 0 Å². The van der Waals surface area contributed by atoms with Gasteiger partial charge in [0.2, 0.25) is 0 Å². The number of hydrogen-bond donors (Lipinski definition) is 1. The fourth-order valence-corrected chi connectivity index (χ4v) is 3.97. The maximum Gasteiger partial charge on any atom is 0.264 e. The van der Waals surface area contributed by atoms with Gasteiger partial charge in [0, 0.05) is 18.8 Å². The predicted molar refractivity (Wildman–Crippen MR) is 125 cm³/mol. The fraction of sp³-hybridized carbons (Fsp3) is 0.304. The highest BCUT2D eigenvalue weighted by molar-refractivity contribution is 8.18. The zero-order valence-corrected chi connectivity index (χ0v) is 18.6. The van der Waals surface area contributed by atoms with E-state index in [2.05, 4.69) is 41.2 Å². The van der Waals surface area contributed by atoms with Crippen LogP contribution in [0.2, 0.25) is 0 Å². The van der Waals surface area contributed by atoms with Gasteiger partial charge in [0.15, 0.2) is 16.7 Å². The molecule has 1 saturated heterocycles. The number of nitrogens with zero attached hydrogens (tertiary/aromatic N) is 2. The molecule has 0 aromatic heterocycles. The number of methoxy groups -OCH3 is 1. The SMILES string of the molecule is CCOc1ccc(C=C2SC(=Nc3ccc(N(CC)CC)cc3)NC2=O)cc1OC. The Morgan fingerprint density at radius 3 is 2.43 bits per heavy atom. The van der Waals surface area contributed by atoms with Gasteiger partial charge in [-0.2, -0.15) is 0 Å². The van der Waals surface area contributed by atoms with Crippen LogP contribution in [0.1, 0.15) is 26.3 Å². The maximum atomic E-state index is 12.4. The number of amides is 1. The largest absolute Gasteiger partial charge is 0.493 e. The molecule has 1 heterocycles. The van der Waals surface area contributed by atoms with E-state index < -0.39 is 0 Å². The van der Waals surface area contributed by atoms with Gasteiger partial charge in [-0.3, -0.25) is 4.79 Å². The first kappa shape index (κ1) is 21.8. The first-order chi connectivity index (χ1) is 14.6. The summed E-state index contributed by atoms with van der Waals surface area (Å²) in [5, 5.41) is 3.40. The molecular formula is C23H27N3O3S. The molecule has 1 amide bonds. The average Bonchev–Trinajstić information content (AvgIpc) is 3.10. The number of nitrogens with one attached hydrogen (secondary N) is 1. The lowest BCUT2D eigenvalue weighted by atomic mass is 10.2. The van der Waals surface area contributed by atoms with Crippen molar-refractivity contribution in [2.24, 2.45) is 4.99 Å². The Bertz CT molecular complexity index is 951. The van der Waals surface area contributed by atoms with E-state index in [1.54, 1.807) is 7.11 Å². The molecule has 0 aliphatic carbocycles. The summed E-state index contributed by atoms with van der Waals surface area (Å²) in [5.41, 5.74) is 2.83.